The number of aromatic carboxylic acids is 1. The third kappa shape index (κ3) is 4.19. The Labute approximate surface area is 160 Å². The van der Waals surface area contributed by atoms with E-state index in [0.29, 0.717) is 24.3 Å². The Bertz CT molecular complexity index is 783. The average molecular weight is 371 g/mol. The van der Waals surface area contributed by atoms with Crippen molar-refractivity contribution < 1.29 is 19.1 Å². The Balaban J connectivity index is 1.36. The number of ether oxygens (including phenoxy) is 1. The van der Waals surface area contributed by atoms with Crippen LogP contribution in [0.3, 0.4) is 0 Å². The number of benzene rings is 1. The number of furan rings is 1. The van der Waals surface area contributed by atoms with Crippen molar-refractivity contribution in [1.29, 1.82) is 0 Å². The minimum atomic E-state index is -0.994. The lowest BCUT2D eigenvalue weighted by atomic mass is 9.88. The van der Waals surface area contributed by atoms with E-state index in [9.17, 15) is 9.90 Å². The van der Waals surface area contributed by atoms with Gasteiger partial charge in [0.05, 0.1) is 12.2 Å². The maximum Gasteiger partial charge on any atom is 0.372 e. The monoisotopic (exact) mass is 371 g/mol. The van der Waals surface area contributed by atoms with Crippen LogP contribution in [0, 0.1) is 5.92 Å². The number of fused-ring (bicyclic) bond motifs is 1. The lowest BCUT2D eigenvalue weighted by molar-refractivity contribution is -0.0608. The van der Waals surface area contributed by atoms with Gasteiger partial charge in [0, 0.05) is 30.6 Å². The molecule has 5 heteroatoms. The molecule has 146 valence electrons. The second-order valence-corrected chi connectivity index (χ2v) is 8.20. The summed E-state index contributed by atoms with van der Waals surface area (Å²) in [5.74, 6) is -0.0724. The summed E-state index contributed by atoms with van der Waals surface area (Å²) in [6, 6.07) is 7.57. The zero-order chi connectivity index (χ0) is 18.8. The molecule has 0 spiro atoms. The lowest BCUT2D eigenvalue weighted by Gasteiger charge is -2.35. The molecule has 1 aromatic heterocycles. The first kappa shape index (κ1) is 18.5. The van der Waals surface area contributed by atoms with Gasteiger partial charge in [0.1, 0.15) is 5.58 Å². The highest BCUT2D eigenvalue weighted by atomic mass is 16.5. The zero-order valence-corrected chi connectivity index (χ0v) is 16.0. The standard InChI is InChI=1S/C22H29NO4/c1-15-6-8-16(9-7-15)26-17-10-12-23(13-11-17)14-19-18-4-2-3-5-20(18)27-21(19)22(24)25/h2-5,15-17H,6-14H2,1H3,(H,24,25). The predicted octanol–water partition coefficient (Wildman–Crippen LogP) is 4.69. The molecular weight excluding hydrogens is 342 g/mol. The van der Waals surface area contributed by atoms with Crippen molar-refractivity contribution in [3.05, 3.63) is 35.6 Å². The van der Waals surface area contributed by atoms with Crippen molar-refractivity contribution in [2.75, 3.05) is 13.1 Å². The summed E-state index contributed by atoms with van der Waals surface area (Å²) in [6.45, 7) is 4.82. The fourth-order valence-corrected chi connectivity index (χ4v) is 4.49. The second-order valence-electron chi connectivity index (χ2n) is 8.20. The Morgan fingerprint density at radius 3 is 2.48 bits per heavy atom. The van der Waals surface area contributed by atoms with Crippen molar-refractivity contribution in [2.45, 2.75) is 64.2 Å². The van der Waals surface area contributed by atoms with E-state index in [-0.39, 0.29) is 5.76 Å². The summed E-state index contributed by atoms with van der Waals surface area (Å²) >= 11 is 0. The van der Waals surface area contributed by atoms with Crippen LogP contribution in [0.2, 0.25) is 0 Å². The highest BCUT2D eigenvalue weighted by molar-refractivity contribution is 5.95. The maximum atomic E-state index is 11.6. The normalized spacial score (nSPS) is 25.1. The molecule has 2 aliphatic rings. The molecule has 0 unspecified atom stereocenters. The number of para-hydroxylation sites is 1. The SMILES string of the molecule is CC1CCC(OC2CCN(Cc3c(C(=O)O)oc4ccccc34)CC2)CC1. The van der Waals surface area contributed by atoms with E-state index in [4.69, 9.17) is 9.15 Å². The molecule has 0 atom stereocenters. The molecule has 2 aromatic rings. The number of nitrogens with zero attached hydrogens (tertiary/aromatic N) is 1. The first-order valence-corrected chi connectivity index (χ1v) is 10.2. The molecule has 1 aliphatic carbocycles. The van der Waals surface area contributed by atoms with Crippen LogP contribution >= 0.6 is 0 Å². The van der Waals surface area contributed by atoms with E-state index in [2.05, 4.69) is 11.8 Å². The molecule has 1 aliphatic heterocycles. The van der Waals surface area contributed by atoms with Gasteiger partial charge in [0.2, 0.25) is 5.76 Å². The minimum absolute atomic E-state index is 0.0749. The third-order valence-corrected chi connectivity index (χ3v) is 6.16. The molecule has 1 N–H and O–H groups in total. The van der Waals surface area contributed by atoms with Gasteiger partial charge in [-0.15, -0.1) is 0 Å². The molecule has 4 rings (SSSR count). The van der Waals surface area contributed by atoms with Crippen LogP contribution in [0.1, 0.15) is 61.6 Å². The summed E-state index contributed by atoms with van der Waals surface area (Å²) in [5, 5.41) is 10.4. The number of hydrogen-bond donors (Lipinski definition) is 1. The minimum Gasteiger partial charge on any atom is -0.475 e. The van der Waals surface area contributed by atoms with Gasteiger partial charge in [0.25, 0.3) is 0 Å². The van der Waals surface area contributed by atoms with Gasteiger partial charge in [-0.05, 0) is 50.5 Å². The summed E-state index contributed by atoms with van der Waals surface area (Å²) in [5.41, 5.74) is 1.44. The van der Waals surface area contributed by atoms with Crippen LogP contribution in [0.25, 0.3) is 11.0 Å². The molecule has 2 heterocycles. The van der Waals surface area contributed by atoms with Crippen molar-refractivity contribution in [3.8, 4) is 0 Å². The number of carbonyl (C=O) groups is 1. The fourth-order valence-electron chi connectivity index (χ4n) is 4.49. The number of piperidine rings is 1. The zero-order valence-electron chi connectivity index (χ0n) is 16.0. The van der Waals surface area contributed by atoms with Crippen LogP contribution in [0.4, 0.5) is 0 Å². The third-order valence-electron chi connectivity index (χ3n) is 6.16. The fraction of sp³-hybridized carbons (Fsp3) is 0.591. The lowest BCUT2D eigenvalue weighted by Crippen LogP contribution is -2.38. The summed E-state index contributed by atoms with van der Waals surface area (Å²) in [6.07, 6.45) is 7.79. The number of carboxylic acids is 1. The van der Waals surface area contributed by atoms with Crippen molar-refractivity contribution in [3.63, 3.8) is 0 Å². The molecule has 0 amide bonds. The molecule has 5 nitrogen and oxygen atoms in total. The van der Waals surface area contributed by atoms with Crippen LogP contribution in [-0.4, -0.2) is 41.3 Å². The van der Waals surface area contributed by atoms with Gasteiger partial charge in [-0.1, -0.05) is 25.1 Å². The van der Waals surface area contributed by atoms with Gasteiger partial charge in [-0.2, -0.15) is 0 Å². The highest BCUT2D eigenvalue weighted by Gasteiger charge is 2.27. The van der Waals surface area contributed by atoms with E-state index in [1.165, 1.54) is 25.7 Å². The van der Waals surface area contributed by atoms with E-state index < -0.39 is 5.97 Å². The molecule has 0 bridgehead atoms. The van der Waals surface area contributed by atoms with Crippen molar-refractivity contribution in [1.82, 2.24) is 4.90 Å². The van der Waals surface area contributed by atoms with Gasteiger partial charge in [0.15, 0.2) is 0 Å². The van der Waals surface area contributed by atoms with Crippen LogP contribution in [0.15, 0.2) is 28.7 Å². The highest BCUT2D eigenvalue weighted by Crippen LogP contribution is 2.30. The van der Waals surface area contributed by atoms with Crippen LogP contribution in [0.5, 0.6) is 0 Å². The number of carboxylic acid groups (broad SMARTS) is 1. The quantitative estimate of drug-likeness (QED) is 0.826. The Morgan fingerprint density at radius 2 is 1.78 bits per heavy atom. The van der Waals surface area contributed by atoms with Crippen molar-refractivity contribution in [2.24, 2.45) is 5.92 Å². The molecule has 0 radical (unpaired) electrons. The molecule has 1 aromatic carbocycles. The molecule has 1 saturated heterocycles. The number of likely N-dealkylation sites (tertiary alicyclic amines) is 1. The van der Waals surface area contributed by atoms with Gasteiger partial charge < -0.3 is 14.3 Å². The predicted molar refractivity (Wildman–Crippen MR) is 104 cm³/mol. The second kappa shape index (κ2) is 8.03. The maximum absolute atomic E-state index is 11.6. The molecular formula is C22H29NO4. The Morgan fingerprint density at radius 1 is 1.11 bits per heavy atom. The molecule has 27 heavy (non-hydrogen) atoms. The van der Waals surface area contributed by atoms with Gasteiger partial charge in [-0.3, -0.25) is 4.90 Å². The summed E-state index contributed by atoms with van der Waals surface area (Å²) in [4.78, 5) is 13.9. The van der Waals surface area contributed by atoms with E-state index in [1.54, 1.807) is 0 Å². The van der Waals surface area contributed by atoms with Crippen molar-refractivity contribution >= 4 is 16.9 Å². The Kier molecular flexibility index (Phi) is 5.50. The number of rotatable bonds is 5. The van der Waals surface area contributed by atoms with Crippen LogP contribution < -0.4 is 0 Å². The average Bonchev–Trinajstić information content (AvgIpc) is 3.04. The summed E-state index contributed by atoms with van der Waals surface area (Å²) in [7, 11) is 0. The number of hydrogen-bond acceptors (Lipinski definition) is 4. The topological polar surface area (TPSA) is 62.9 Å². The molecule has 1 saturated carbocycles. The smallest absolute Gasteiger partial charge is 0.372 e. The van der Waals surface area contributed by atoms with E-state index in [0.717, 1.165) is 42.8 Å². The Hall–Kier alpha value is -1.85. The first-order chi connectivity index (χ1) is 13.1. The largest absolute Gasteiger partial charge is 0.475 e. The van der Waals surface area contributed by atoms with Crippen LogP contribution in [-0.2, 0) is 11.3 Å². The molecule has 2 fully saturated rings. The first-order valence-electron chi connectivity index (χ1n) is 10.2. The van der Waals surface area contributed by atoms with E-state index >= 15 is 0 Å². The van der Waals surface area contributed by atoms with Gasteiger partial charge >= 0.3 is 5.97 Å². The summed E-state index contributed by atoms with van der Waals surface area (Å²) < 4.78 is 11.9. The van der Waals surface area contributed by atoms with E-state index in [1.807, 2.05) is 24.3 Å². The van der Waals surface area contributed by atoms with Gasteiger partial charge in [-0.25, -0.2) is 4.79 Å².